The van der Waals surface area contributed by atoms with Crippen LogP contribution in [-0.2, 0) is 6.17 Å². The molecule has 2 radical (unpaired) electrons. The van der Waals surface area contributed by atoms with E-state index >= 15 is 0 Å². The van der Waals surface area contributed by atoms with Crippen molar-refractivity contribution in [3.05, 3.63) is 168 Å². The van der Waals surface area contributed by atoms with Crippen LogP contribution >= 0.6 is 0 Å². The van der Waals surface area contributed by atoms with E-state index in [1.54, 1.807) is 18.5 Å². The van der Waals surface area contributed by atoms with Crippen molar-refractivity contribution in [3.63, 3.8) is 0 Å². The Labute approximate surface area is 220 Å². The van der Waals surface area contributed by atoms with Crippen molar-refractivity contribution in [2.45, 2.75) is 11.7 Å². The van der Waals surface area contributed by atoms with Crippen LogP contribution in [0.25, 0.3) is 5.57 Å². The van der Waals surface area contributed by atoms with Crippen molar-refractivity contribution in [3.8, 4) is 0 Å². The van der Waals surface area contributed by atoms with E-state index in [2.05, 4.69) is 33.8 Å². The number of benzene rings is 4. The number of nitrogens with zero attached hydrogens (tertiary/aromatic N) is 2. The molecule has 2 nitrogen and oxygen atoms in total. The standard InChI is InChI=1S/C17H16F2N2Si.C14H11B/c18-15-5-1-13(2-6-15)17(14-3-7-16(19)8-4-14)22-12-21-10-9-20-11-21;15-11-14(12-7-3-1-4-8-12)13-9-5-2-6-10-13/h1-11,17H,12,22H2;1-11H. The van der Waals surface area contributed by atoms with Crippen molar-refractivity contribution in [2.24, 2.45) is 0 Å². The highest BCUT2D eigenvalue weighted by Gasteiger charge is 2.15. The molecule has 0 bridgehead atoms. The zero-order valence-electron chi connectivity index (χ0n) is 20.4. The highest BCUT2D eigenvalue weighted by atomic mass is 28.2. The molecule has 6 heteroatoms. The lowest BCUT2D eigenvalue weighted by molar-refractivity contribution is 0.626. The van der Waals surface area contributed by atoms with Gasteiger partial charge in [-0.3, -0.25) is 0 Å². The average molecular weight is 504 g/mol. The maximum absolute atomic E-state index is 13.2. The van der Waals surface area contributed by atoms with Gasteiger partial charge in [0.2, 0.25) is 0 Å². The third-order valence-electron chi connectivity index (χ3n) is 6.12. The van der Waals surface area contributed by atoms with E-state index in [0.717, 1.165) is 34.0 Å². The first kappa shape index (κ1) is 26.0. The molecule has 0 N–H and O–H groups in total. The first-order valence-electron chi connectivity index (χ1n) is 12.1. The highest BCUT2D eigenvalue weighted by molar-refractivity contribution is 6.37. The van der Waals surface area contributed by atoms with E-state index in [-0.39, 0.29) is 17.2 Å². The molecule has 0 unspecified atom stereocenters. The average Bonchev–Trinajstić information content (AvgIpc) is 3.47. The Balaban J connectivity index is 0.000000186. The fourth-order valence-electron chi connectivity index (χ4n) is 4.21. The first-order valence-corrected chi connectivity index (χ1v) is 13.9. The molecule has 1 aromatic heterocycles. The SMILES string of the molecule is Fc1ccc(C([SiH2]Cn2ccnc2)c2ccc(F)cc2)cc1.[B]C=C(c1ccccc1)c1ccccc1. The Morgan fingerprint density at radius 2 is 1.24 bits per heavy atom. The number of rotatable bonds is 7. The van der Waals surface area contributed by atoms with Crippen LogP contribution in [0.4, 0.5) is 8.78 Å². The smallest absolute Gasteiger partial charge is 0.123 e. The maximum Gasteiger partial charge on any atom is 0.123 e. The summed E-state index contributed by atoms with van der Waals surface area (Å²) in [4.78, 5) is 4.05. The highest BCUT2D eigenvalue weighted by Crippen LogP contribution is 2.25. The van der Waals surface area contributed by atoms with Crippen LogP contribution in [0.3, 0.4) is 0 Å². The molecule has 5 rings (SSSR count). The molecule has 0 saturated carbocycles. The van der Waals surface area contributed by atoms with Crippen LogP contribution in [-0.4, -0.2) is 26.9 Å². The van der Waals surface area contributed by atoms with E-state index in [1.807, 2.05) is 66.9 Å². The minimum atomic E-state index is -0.587. The molecule has 0 saturated heterocycles. The monoisotopic (exact) mass is 504 g/mol. The van der Waals surface area contributed by atoms with Crippen LogP contribution < -0.4 is 0 Å². The summed E-state index contributed by atoms with van der Waals surface area (Å²) >= 11 is 0. The second-order valence-electron chi connectivity index (χ2n) is 8.56. The normalized spacial score (nSPS) is 10.8. The summed E-state index contributed by atoms with van der Waals surface area (Å²) < 4.78 is 28.4. The number of hydrogen-bond acceptors (Lipinski definition) is 1. The van der Waals surface area contributed by atoms with Crippen LogP contribution in [0, 0.1) is 11.6 Å². The van der Waals surface area contributed by atoms with E-state index < -0.39 is 9.52 Å². The van der Waals surface area contributed by atoms with Crippen molar-refractivity contribution >= 4 is 22.9 Å². The van der Waals surface area contributed by atoms with Gasteiger partial charge in [-0.2, -0.15) is 0 Å². The van der Waals surface area contributed by atoms with Gasteiger partial charge in [-0.1, -0.05) is 84.9 Å². The molecule has 37 heavy (non-hydrogen) atoms. The predicted molar refractivity (Wildman–Crippen MR) is 151 cm³/mol. The topological polar surface area (TPSA) is 17.8 Å². The zero-order valence-corrected chi connectivity index (χ0v) is 21.8. The third kappa shape index (κ3) is 7.48. The molecule has 1 heterocycles. The molecular weight excluding hydrogens is 477 g/mol. The minimum Gasteiger partial charge on any atom is -0.341 e. The van der Waals surface area contributed by atoms with Gasteiger partial charge in [-0.15, -0.1) is 5.98 Å². The van der Waals surface area contributed by atoms with Gasteiger partial charge in [0.1, 0.15) is 19.5 Å². The van der Waals surface area contributed by atoms with Crippen molar-refractivity contribution in [2.75, 3.05) is 0 Å². The molecule has 0 amide bonds. The van der Waals surface area contributed by atoms with Gasteiger partial charge in [0.25, 0.3) is 0 Å². The molecule has 5 aromatic rings. The lowest BCUT2D eigenvalue weighted by Gasteiger charge is -2.18. The summed E-state index contributed by atoms with van der Waals surface area (Å²) in [5.74, 6) is 1.18. The number of aromatic nitrogens is 2. The second-order valence-corrected chi connectivity index (χ2v) is 10.4. The molecule has 0 spiro atoms. The molecule has 0 atom stereocenters. The third-order valence-corrected chi connectivity index (χ3v) is 8.41. The van der Waals surface area contributed by atoms with E-state index in [1.165, 1.54) is 24.3 Å². The lowest BCUT2D eigenvalue weighted by atomic mass is 9.92. The van der Waals surface area contributed by atoms with E-state index in [9.17, 15) is 8.78 Å². The summed E-state index contributed by atoms with van der Waals surface area (Å²) in [7, 11) is 5.09. The first-order chi connectivity index (χ1) is 18.1. The maximum atomic E-state index is 13.2. The van der Waals surface area contributed by atoms with Gasteiger partial charge in [0.05, 0.1) is 15.8 Å². The molecule has 0 fully saturated rings. The molecule has 0 aliphatic carbocycles. The van der Waals surface area contributed by atoms with Crippen LogP contribution in [0.1, 0.15) is 27.8 Å². The Bertz CT molecular complexity index is 1290. The largest absolute Gasteiger partial charge is 0.341 e. The number of halogens is 2. The van der Waals surface area contributed by atoms with E-state index in [4.69, 9.17) is 7.85 Å². The quantitative estimate of drug-likeness (QED) is 0.237. The minimum absolute atomic E-state index is 0.226. The summed E-state index contributed by atoms with van der Waals surface area (Å²) in [6, 6.07) is 33.5. The molecule has 0 aliphatic heterocycles. The second kappa shape index (κ2) is 13.3. The zero-order chi connectivity index (χ0) is 25.9. The summed E-state index contributed by atoms with van der Waals surface area (Å²) in [6.07, 6.45) is 6.44. The van der Waals surface area contributed by atoms with Crippen molar-refractivity contribution in [1.82, 2.24) is 9.55 Å². The summed E-state index contributed by atoms with van der Waals surface area (Å²) in [5, 5.41) is 0. The van der Waals surface area contributed by atoms with Gasteiger partial charge in [-0.05, 0) is 57.6 Å². The molecular formula is C31H27BF2N2Si. The Morgan fingerprint density at radius 1 is 0.757 bits per heavy atom. The van der Waals surface area contributed by atoms with Gasteiger partial charge in [0.15, 0.2) is 0 Å². The number of hydrogen-bond donors (Lipinski definition) is 0. The van der Waals surface area contributed by atoms with Crippen LogP contribution in [0.15, 0.2) is 134 Å². The fourth-order valence-corrected chi connectivity index (χ4v) is 6.24. The van der Waals surface area contributed by atoms with Crippen LogP contribution in [0.5, 0.6) is 0 Å². The number of imidazole rings is 1. The Morgan fingerprint density at radius 3 is 1.65 bits per heavy atom. The van der Waals surface area contributed by atoms with Crippen molar-refractivity contribution in [1.29, 1.82) is 0 Å². The van der Waals surface area contributed by atoms with E-state index in [0.29, 0.717) is 0 Å². The summed E-state index contributed by atoms with van der Waals surface area (Å²) in [5.41, 5.74) is 5.75. The lowest BCUT2D eigenvalue weighted by Crippen LogP contribution is -2.16. The Kier molecular flexibility index (Phi) is 9.38. The van der Waals surface area contributed by atoms with Gasteiger partial charge in [-0.25, -0.2) is 13.8 Å². The van der Waals surface area contributed by atoms with Crippen LogP contribution in [0.2, 0.25) is 0 Å². The molecule has 0 aliphatic rings. The Hall–Kier alpha value is -4.03. The van der Waals surface area contributed by atoms with Gasteiger partial charge in [0, 0.05) is 18.6 Å². The van der Waals surface area contributed by atoms with Crippen molar-refractivity contribution < 1.29 is 8.78 Å². The molecule has 4 aromatic carbocycles. The summed E-state index contributed by atoms with van der Waals surface area (Å²) in [6.45, 7) is 0. The fraction of sp³-hybridized carbons (Fsp3) is 0.0645. The predicted octanol–water partition coefficient (Wildman–Crippen LogP) is 6.32. The van der Waals surface area contributed by atoms with Gasteiger partial charge >= 0.3 is 0 Å². The molecule has 182 valence electrons. The van der Waals surface area contributed by atoms with Gasteiger partial charge < -0.3 is 4.57 Å².